The zero-order chi connectivity index (χ0) is 42.7. The predicted octanol–water partition coefficient (Wildman–Crippen LogP) is 8.17. The first kappa shape index (κ1) is 48.0. The van der Waals surface area contributed by atoms with E-state index in [1.165, 1.54) is 37.0 Å². The maximum atomic E-state index is 14.2. The third kappa shape index (κ3) is 15.1. The van der Waals surface area contributed by atoms with Crippen molar-refractivity contribution in [3.8, 4) is 5.75 Å². The maximum absolute atomic E-state index is 14.2. The lowest BCUT2D eigenvalue weighted by Crippen LogP contribution is -2.62. The number of carbonyl (C=O) groups is 5. The average molecular weight is 804 g/mol. The lowest BCUT2D eigenvalue weighted by molar-refractivity contribution is -0.143. The van der Waals surface area contributed by atoms with E-state index in [2.05, 4.69) is 22.0 Å². The summed E-state index contributed by atoms with van der Waals surface area (Å²) in [7, 11) is 0. The summed E-state index contributed by atoms with van der Waals surface area (Å²) in [5.74, 6) is -2.00. The van der Waals surface area contributed by atoms with Gasteiger partial charge in [-0.25, -0.2) is 4.79 Å². The molecule has 0 bridgehead atoms. The number of ketones is 1. The lowest BCUT2D eigenvalue weighted by atomic mass is 9.77. The highest BCUT2D eigenvalue weighted by Crippen LogP contribution is 2.33. The minimum Gasteiger partial charge on any atom is -0.489 e. The van der Waals surface area contributed by atoms with Crippen LogP contribution < -0.4 is 26.4 Å². The molecule has 2 aromatic rings. The predicted molar refractivity (Wildman–Crippen MR) is 231 cm³/mol. The van der Waals surface area contributed by atoms with Gasteiger partial charge < -0.3 is 31.3 Å². The molecule has 1 heterocycles. The van der Waals surface area contributed by atoms with Gasteiger partial charge in [0.1, 0.15) is 24.4 Å². The topological polar surface area (TPSA) is 160 Å². The Kier molecular flexibility index (Phi) is 19.7. The number of nitrogens with one attached hydrogen (secondary N) is 3. The van der Waals surface area contributed by atoms with Gasteiger partial charge in [-0.15, -0.1) is 0 Å². The smallest absolute Gasteiger partial charge is 0.315 e. The summed E-state index contributed by atoms with van der Waals surface area (Å²) in [6, 6.07) is 14.7. The molecule has 2 aromatic carbocycles. The van der Waals surface area contributed by atoms with Crippen LogP contribution in [0.4, 0.5) is 4.79 Å². The van der Waals surface area contributed by atoms with Gasteiger partial charge in [-0.1, -0.05) is 149 Å². The summed E-state index contributed by atoms with van der Waals surface area (Å²) >= 11 is 0. The second-order valence-electron chi connectivity index (χ2n) is 17.3. The summed E-state index contributed by atoms with van der Waals surface area (Å²) < 4.78 is 6.08. The second kappa shape index (κ2) is 23.9. The minimum absolute atomic E-state index is 0.0669. The van der Waals surface area contributed by atoms with Crippen LogP contribution in [0.15, 0.2) is 54.6 Å². The van der Waals surface area contributed by atoms with Crippen molar-refractivity contribution >= 4 is 29.5 Å². The first-order valence-electron chi connectivity index (χ1n) is 22.0. The molecule has 1 aliphatic heterocycles. The number of amides is 5. The van der Waals surface area contributed by atoms with Gasteiger partial charge in [0.2, 0.25) is 17.6 Å². The molecule has 5 amide bonds. The molecule has 0 aromatic heterocycles. The Morgan fingerprint density at radius 3 is 2.03 bits per heavy atom. The molecule has 2 saturated carbocycles. The van der Waals surface area contributed by atoms with Gasteiger partial charge in [0, 0.05) is 12.1 Å². The molecule has 11 nitrogen and oxygen atoms in total. The van der Waals surface area contributed by atoms with Gasteiger partial charge >= 0.3 is 6.03 Å². The third-order valence-electron chi connectivity index (χ3n) is 11.6. The van der Waals surface area contributed by atoms with E-state index in [9.17, 15) is 24.0 Å². The monoisotopic (exact) mass is 804 g/mol. The number of primary amides is 1. The fourth-order valence-electron chi connectivity index (χ4n) is 8.10. The molecule has 0 spiro atoms. The van der Waals surface area contributed by atoms with Crippen molar-refractivity contribution in [2.75, 3.05) is 6.54 Å². The molecule has 1 saturated heterocycles. The van der Waals surface area contributed by atoms with Crippen molar-refractivity contribution in [3.05, 3.63) is 65.7 Å². The number of urea groups is 1. The third-order valence-corrected chi connectivity index (χ3v) is 11.6. The number of likely N-dealkylation sites (tertiary alicyclic amines) is 1. The van der Waals surface area contributed by atoms with Crippen molar-refractivity contribution in [2.45, 2.75) is 175 Å². The molecule has 3 fully saturated rings. The van der Waals surface area contributed by atoms with Crippen molar-refractivity contribution in [2.24, 2.45) is 17.1 Å². The SMILES string of the molecule is C1CCCC1.CC.CCC(C)CC(NC(=O)C1CCCN1C(=O)C(NC(=O)NC1(Cc2cccc(OCc3ccccc3)c2)CCCCC1)C(C)(C)C)C(=O)C(N)=O. The van der Waals surface area contributed by atoms with Crippen LogP contribution >= 0.6 is 0 Å². The highest BCUT2D eigenvalue weighted by Gasteiger charge is 2.44. The molecular formula is C47H73N5O6. The van der Waals surface area contributed by atoms with Gasteiger partial charge in [0.25, 0.3) is 5.91 Å². The van der Waals surface area contributed by atoms with Gasteiger partial charge in [-0.05, 0) is 73.1 Å². The van der Waals surface area contributed by atoms with E-state index in [0.29, 0.717) is 32.4 Å². The van der Waals surface area contributed by atoms with Crippen molar-refractivity contribution in [1.82, 2.24) is 20.9 Å². The number of carbonyl (C=O) groups excluding carboxylic acids is 5. The summed E-state index contributed by atoms with van der Waals surface area (Å²) in [5, 5.41) is 9.01. The molecule has 322 valence electrons. The fraction of sp³-hybridized carbons (Fsp3) is 0.638. The van der Waals surface area contributed by atoms with Crippen LogP contribution in [-0.2, 0) is 32.2 Å². The molecule has 0 radical (unpaired) electrons. The van der Waals surface area contributed by atoms with Crippen LogP contribution in [0.1, 0.15) is 149 Å². The Balaban J connectivity index is 0.00000117. The van der Waals surface area contributed by atoms with Crippen LogP contribution in [0.3, 0.4) is 0 Å². The quantitative estimate of drug-likeness (QED) is 0.133. The highest BCUT2D eigenvalue weighted by molar-refractivity contribution is 6.37. The van der Waals surface area contributed by atoms with Crippen LogP contribution in [0.2, 0.25) is 0 Å². The van der Waals surface area contributed by atoms with E-state index >= 15 is 0 Å². The minimum atomic E-state index is -1.11. The molecule has 4 atom stereocenters. The molecule has 4 unspecified atom stereocenters. The molecule has 3 aliphatic rings. The van der Waals surface area contributed by atoms with Crippen LogP contribution in [0.25, 0.3) is 0 Å². The Bertz CT molecular complexity index is 1590. The fourth-order valence-corrected chi connectivity index (χ4v) is 8.10. The van der Waals surface area contributed by atoms with Crippen LogP contribution in [-0.4, -0.2) is 64.6 Å². The standard InChI is InChI=1S/C40H57N5O6.C5H10.C2H6/c1-6-27(2)23-31(33(46)35(41)47)42-36(48)32-19-14-22-45(32)37(49)34(39(3,4)5)43-38(50)44-40(20-11-8-12-21-40)25-29-17-13-18-30(24-29)51-26-28-15-9-7-10-16-28;1-2-4-5-3-1;1-2/h7,9-10,13,15-18,24,27,31-32,34H,6,8,11-12,14,19-23,25-26H2,1-5H3,(H2,41,47)(H,42,48)(H2,43,44,50);1-5H2;1-2H3. The van der Waals surface area contributed by atoms with E-state index < -0.39 is 52.7 Å². The highest BCUT2D eigenvalue weighted by atomic mass is 16.5. The molecule has 2 aliphatic carbocycles. The summed E-state index contributed by atoms with van der Waals surface area (Å²) in [6.07, 6.45) is 14.8. The number of Topliss-reactive ketones (excluding diaryl/α,β-unsaturated/α-hetero) is 1. The van der Waals surface area contributed by atoms with Crippen LogP contribution in [0.5, 0.6) is 5.75 Å². The Morgan fingerprint density at radius 1 is 0.845 bits per heavy atom. The molecule has 5 N–H and O–H groups in total. The number of ether oxygens (including phenoxy) is 1. The number of hydrogen-bond acceptors (Lipinski definition) is 6. The molecule has 58 heavy (non-hydrogen) atoms. The first-order valence-corrected chi connectivity index (χ1v) is 22.0. The first-order chi connectivity index (χ1) is 27.7. The lowest BCUT2D eigenvalue weighted by Gasteiger charge is -2.40. The number of nitrogens with zero attached hydrogens (tertiary/aromatic N) is 1. The van der Waals surface area contributed by atoms with Crippen LogP contribution in [0, 0.1) is 11.3 Å². The van der Waals surface area contributed by atoms with E-state index in [1.54, 1.807) is 0 Å². The largest absolute Gasteiger partial charge is 0.489 e. The molecule has 11 heteroatoms. The Labute approximate surface area is 348 Å². The summed E-state index contributed by atoms with van der Waals surface area (Å²) in [4.78, 5) is 67.5. The molecular weight excluding hydrogens is 731 g/mol. The molecule has 5 rings (SSSR count). The van der Waals surface area contributed by atoms with Crippen molar-refractivity contribution < 1.29 is 28.7 Å². The second-order valence-corrected chi connectivity index (χ2v) is 17.3. The normalized spacial score (nSPS) is 18.8. The van der Waals surface area contributed by atoms with Gasteiger partial charge in [-0.2, -0.15) is 0 Å². The maximum Gasteiger partial charge on any atom is 0.315 e. The van der Waals surface area contributed by atoms with E-state index in [4.69, 9.17) is 10.5 Å². The van der Waals surface area contributed by atoms with E-state index in [1.807, 2.05) is 97.0 Å². The van der Waals surface area contributed by atoms with E-state index in [-0.39, 0.29) is 18.2 Å². The van der Waals surface area contributed by atoms with E-state index in [0.717, 1.165) is 55.4 Å². The Morgan fingerprint density at radius 2 is 1.45 bits per heavy atom. The van der Waals surface area contributed by atoms with Crippen molar-refractivity contribution in [3.63, 3.8) is 0 Å². The zero-order valence-corrected chi connectivity index (χ0v) is 36.5. The summed E-state index contributed by atoms with van der Waals surface area (Å²) in [5.41, 5.74) is 6.25. The number of hydrogen-bond donors (Lipinski definition) is 4. The number of rotatable bonds is 15. The van der Waals surface area contributed by atoms with Crippen molar-refractivity contribution in [1.29, 1.82) is 0 Å². The number of nitrogens with two attached hydrogens (primary N) is 1. The number of benzene rings is 2. The average Bonchev–Trinajstić information content (AvgIpc) is 3.96. The van der Waals surface area contributed by atoms with Gasteiger partial charge in [0.15, 0.2) is 0 Å². The van der Waals surface area contributed by atoms with Gasteiger partial charge in [0.05, 0.1) is 6.04 Å². The summed E-state index contributed by atoms with van der Waals surface area (Å²) in [6.45, 7) is 14.3. The Hall–Kier alpha value is -4.41. The van der Waals surface area contributed by atoms with Gasteiger partial charge in [-0.3, -0.25) is 19.2 Å². The zero-order valence-electron chi connectivity index (χ0n) is 36.5.